The van der Waals surface area contributed by atoms with E-state index in [1.807, 2.05) is 30.3 Å². The average Bonchev–Trinajstić information content (AvgIpc) is 2.55. The highest BCUT2D eigenvalue weighted by Crippen LogP contribution is 2.28. The van der Waals surface area contributed by atoms with Crippen molar-refractivity contribution in [2.24, 2.45) is 11.7 Å². The molecule has 1 heterocycles. The molecule has 1 aromatic carbocycles. The Hall–Kier alpha value is -1.35. The van der Waals surface area contributed by atoms with Gasteiger partial charge in [0.15, 0.2) is 6.29 Å². The van der Waals surface area contributed by atoms with E-state index < -0.39 is 43.2 Å². The molecule has 0 bridgehead atoms. The first-order valence-corrected chi connectivity index (χ1v) is 7.56. The predicted molar refractivity (Wildman–Crippen MR) is 81.2 cm³/mol. The van der Waals surface area contributed by atoms with Crippen LogP contribution in [0.4, 0.5) is 0 Å². The van der Waals surface area contributed by atoms with Crippen LogP contribution in [0.1, 0.15) is 12.0 Å². The summed E-state index contributed by atoms with van der Waals surface area (Å²) in [6.45, 7) is -0.538. The van der Waals surface area contributed by atoms with Gasteiger partial charge in [0.2, 0.25) is 0 Å². The van der Waals surface area contributed by atoms with Gasteiger partial charge in [-0.05, 0) is 12.0 Å². The molecule has 0 saturated carbocycles. The van der Waals surface area contributed by atoms with Crippen molar-refractivity contribution in [3.63, 3.8) is 0 Å². The molecule has 0 aromatic heterocycles. The fraction of sp³-hybridized carbons (Fsp3) is 0.562. The summed E-state index contributed by atoms with van der Waals surface area (Å²) >= 11 is 0. The molecule has 1 aliphatic heterocycles. The van der Waals surface area contributed by atoms with E-state index >= 15 is 0 Å². The summed E-state index contributed by atoms with van der Waals surface area (Å²) in [5.74, 6) is -1.32. The Morgan fingerprint density at radius 2 is 1.83 bits per heavy atom. The highest BCUT2D eigenvalue weighted by Gasteiger charge is 2.44. The Morgan fingerprint density at radius 3 is 2.43 bits per heavy atom. The largest absolute Gasteiger partial charge is 0.394 e. The number of aliphatic hydroxyl groups excluding tert-OH is 4. The lowest BCUT2D eigenvalue weighted by molar-refractivity contribution is -0.269. The number of ketones is 1. The van der Waals surface area contributed by atoms with Gasteiger partial charge in [0.1, 0.15) is 18.0 Å². The van der Waals surface area contributed by atoms with Gasteiger partial charge in [-0.25, -0.2) is 0 Å². The van der Waals surface area contributed by atoms with Gasteiger partial charge < -0.3 is 30.9 Å². The normalized spacial score (nSPS) is 32.5. The third kappa shape index (κ3) is 4.35. The molecule has 23 heavy (non-hydrogen) atoms. The first kappa shape index (κ1) is 18.0. The minimum Gasteiger partial charge on any atom is -0.394 e. The van der Waals surface area contributed by atoms with Crippen LogP contribution in [0, 0.1) is 5.92 Å². The minimum absolute atomic E-state index is 0.217. The second-order valence-corrected chi connectivity index (χ2v) is 5.86. The quantitative estimate of drug-likeness (QED) is 0.433. The Morgan fingerprint density at radius 1 is 1.17 bits per heavy atom. The fourth-order valence-electron chi connectivity index (χ4n) is 2.74. The van der Waals surface area contributed by atoms with Gasteiger partial charge in [-0.1, -0.05) is 30.3 Å². The van der Waals surface area contributed by atoms with Gasteiger partial charge in [-0.2, -0.15) is 0 Å². The number of rotatable bonds is 6. The molecule has 7 nitrogen and oxygen atoms in total. The Kier molecular flexibility index (Phi) is 6.23. The average molecular weight is 325 g/mol. The number of Topliss-reactive ketones (excluding diaryl/α,β-unsaturated/α-hetero) is 1. The van der Waals surface area contributed by atoms with Crippen molar-refractivity contribution < 1.29 is 30.0 Å². The smallest absolute Gasteiger partial charge is 0.160 e. The van der Waals surface area contributed by atoms with E-state index in [4.69, 9.17) is 15.6 Å². The highest BCUT2D eigenvalue weighted by atomic mass is 16.6. The number of nitrogens with two attached hydrogens (primary N) is 1. The number of hydrogen-bond acceptors (Lipinski definition) is 7. The number of carbonyl (C=O) groups excluding carboxylic acids is 1. The molecule has 6 unspecified atom stereocenters. The van der Waals surface area contributed by atoms with Crippen molar-refractivity contribution in [2.45, 2.75) is 43.5 Å². The maximum Gasteiger partial charge on any atom is 0.160 e. The summed E-state index contributed by atoms with van der Waals surface area (Å²) < 4.78 is 5.03. The van der Waals surface area contributed by atoms with Crippen molar-refractivity contribution in [2.75, 3.05) is 6.61 Å². The van der Waals surface area contributed by atoms with Gasteiger partial charge in [0.25, 0.3) is 0 Å². The predicted octanol–water partition coefficient (Wildman–Crippen LogP) is -1.44. The van der Waals surface area contributed by atoms with Gasteiger partial charge in [-0.3, -0.25) is 4.79 Å². The van der Waals surface area contributed by atoms with Crippen LogP contribution in [0.5, 0.6) is 0 Å². The number of benzene rings is 1. The zero-order valence-corrected chi connectivity index (χ0v) is 12.7. The standard InChI is InChI=1S/C16H23NO6/c17-11(6-9-4-2-1-3-5-9)12(19)7-10-14(20)15(21)13(8-18)23-16(10)22/h1-5,10-11,13-16,18,20-22H,6-8,17H2. The van der Waals surface area contributed by atoms with E-state index in [2.05, 4.69) is 0 Å². The van der Waals surface area contributed by atoms with Gasteiger partial charge >= 0.3 is 0 Å². The third-order valence-electron chi connectivity index (χ3n) is 4.18. The summed E-state index contributed by atoms with van der Waals surface area (Å²) in [5.41, 5.74) is 6.80. The van der Waals surface area contributed by atoms with Gasteiger partial charge in [-0.15, -0.1) is 0 Å². The molecule has 7 heteroatoms. The van der Waals surface area contributed by atoms with Gasteiger partial charge in [0.05, 0.1) is 18.8 Å². The zero-order chi connectivity index (χ0) is 17.0. The Labute approximate surface area is 134 Å². The fourth-order valence-corrected chi connectivity index (χ4v) is 2.74. The van der Waals surface area contributed by atoms with E-state index in [1.165, 1.54) is 0 Å². The molecule has 0 spiro atoms. The summed E-state index contributed by atoms with van der Waals surface area (Å²) in [6.07, 6.45) is -5.13. The number of hydrogen-bond donors (Lipinski definition) is 5. The number of carbonyl (C=O) groups is 1. The molecule has 0 amide bonds. The van der Waals surface area contributed by atoms with E-state index in [0.717, 1.165) is 5.56 Å². The van der Waals surface area contributed by atoms with Crippen molar-refractivity contribution in [3.8, 4) is 0 Å². The summed E-state index contributed by atoms with van der Waals surface area (Å²) in [4.78, 5) is 12.2. The molecule has 1 saturated heterocycles. The highest BCUT2D eigenvalue weighted by molar-refractivity contribution is 5.84. The first-order valence-electron chi connectivity index (χ1n) is 7.56. The van der Waals surface area contributed by atoms with Crippen molar-refractivity contribution in [1.82, 2.24) is 0 Å². The van der Waals surface area contributed by atoms with Crippen molar-refractivity contribution in [1.29, 1.82) is 0 Å². The van der Waals surface area contributed by atoms with Crippen LogP contribution >= 0.6 is 0 Å². The lowest BCUT2D eigenvalue weighted by Crippen LogP contribution is -2.56. The first-order chi connectivity index (χ1) is 10.9. The lowest BCUT2D eigenvalue weighted by Gasteiger charge is -2.40. The van der Waals surface area contributed by atoms with Crippen LogP contribution in [0.25, 0.3) is 0 Å². The maximum absolute atomic E-state index is 12.2. The SMILES string of the molecule is NC(Cc1ccccc1)C(=O)CC1C(O)OC(CO)C(O)C1O. The molecule has 2 rings (SSSR count). The topological polar surface area (TPSA) is 133 Å². The third-order valence-corrected chi connectivity index (χ3v) is 4.18. The molecule has 128 valence electrons. The van der Waals surface area contributed by atoms with Crippen LogP contribution in [-0.4, -0.2) is 63.5 Å². The maximum atomic E-state index is 12.2. The molecule has 0 radical (unpaired) electrons. The Bertz CT molecular complexity index is 511. The van der Waals surface area contributed by atoms with E-state index in [1.54, 1.807) is 0 Å². The molecule has 1 aliphatic rings. The van der Waals surface area contributed by atoms with Crippen LogP contribution in [0.2, 0.25) is 0 Å². The van der Waals surface area contributed by atoms with E-state index in [-0.39, 0.29) is 12.2 Å². The molecule has 6 atom stereocenters. The number of aliphatic hydroxyl groups is 4. The molecular formula is C16H23NO6. The Balaban J connectivity index is 1.96. The second-order valence-electron chi connectivity index (χ2n) is 5.86. The molecular weight excluding hydrogens is 302 g/mol. The molecule has 1 fully saturated rings. The van der Waals surface area contributed by atoms with Crippen LogP contribution in [-0.2, 0) is 16.0 Å². The minimum atomic E-state index is -1.45. The van der Waals surface area contributed by atoms with Crippen molar-refractivity contribution >= 4 is 5.78 Å². The zero-order valence-electron chi connectivity index (χ0n) is 12.7. The number of ether oxygens (including phenoxy) is 1. The molecule has 1 aromatic rings. The lowest BCUT2D eigenvalue weighted by atomic mass is 9.85. The van der Waals surface area contributed by atoms with Crippen molar-refractivity contribution in [3.05, 3.63) is 35.9 Å². The summed E-state index contributed by atoms with van der Waals surface area (Å²) in [7, 11) is 0. The summed E-state index contributed by atoms with van der Waals surface area (Å²) in [5, 5.41) is 38.8. The summed E-state index contributed by atoms with van der Waals surface area (Å²) in [6, 6.07) is 8.50. The van der Waals surface area contributed by atoms with E-state index in [9.17, 15) is 20.1 Å². The van der Waals surface area contributed by atoms with E-state index in [0.29, 0.717) is 6.42 Å². The molecule has 6 N–H and O–H groups in total. The van der Waals surface area contributed by atoms with Crippen LogP contribution < -0.4 is 5.73 Å². The second kappa shape index (κ2) is 7.96. The van der Waals surface area contributed by atoms with Crippen LogP contribution in [0.3, 0.4) is 0 Å². The van der Waals surface area contributed by atoms with Gasteiger partial charge in [0, 0.05) is 12.3 Å². The molecule has 0 aliphatic carbocycles. The van der Waals surface area contributed by atoms with Crippen LogP contribution in [0.15, 0.2) is 30.3 Å². The monoisotopic (exact) mass is 325 g/mol.